The average Bonchev–Trinajstić information content (AvgIpc) is 1.05. The van der Waals surface area contributed by atoms with E-state index in [1.165, 1.54) is 64.0 Å². The summed E-state index contributed by atoms with van der Waals surface area (Å²) in [5.74, 6) is 0. The van der Waals surface area contributed by atoms with Crippen LogP contribution < -0.4 is 40.9 Å². The summed E-state index contributed by atoms with van der Waals surface area (Å²) in [6.07, 6.45) is 0. The van der Waals surface area contributed by atoms with Gasteiger partial charge in [-0.15, -0.1) is 11.3 Å². The molecule has 0 saturated heterocycles. The fourth-order valence-corrected chi connectivity index (χ4v) is 17.2. The van der Waals surface area contributed by atoms with Crippen LogP contribution in [0, 0.1) is 0 Å². The monoisotopic (exact) mass is 1340 g/mol. The highest BCUT2D eigenvalue weighted by molar-refractivity contribution is 7.28. The van der Waals surface area contributed by atoms with E-state index >= 15 is 0 Å². The van der Waals surface area contributed by atoms with Crippen LogP contribution in [0.4, 0.5) is 85.3 Å². The second kappa shape index (κ2) is 24.1. The number of benzene rings is 14. The lowest BCUT2D eigenvalue weighted by Gasteiger charge is -2.46. The lowest BCUT2D eigenvalue weighted by atomic mass is 9.33. The lowest BCUT2D eigenvalue weighted by molar-refractivity contribution is 0.590. The van der Waals surface area contributed by atoms with Gasteiger partial charge in [0.05, 0.1) is 17.1 Å². The van der Waals surface area contributed by atoms with E-state index in [9.17, 15) is 0 Å². The minimum atomic E-state index is -0.283. The summed E-state index contributed by atoms with van der Waals surface area (Å²) in [7, 11) is 0. The number of anilines is 15. The van der Waals surface area contributed by atoms with Gasteiger partial charge in [-0.05, 0) is 194 Å². The molecule has 0 radical (unpaired) electrons. The third-order valence-corrected chi connectivity index (χ3v) is 22.2. The molecule has 0 spiro atoms. The third kappa shape index (κ3) is 10.5. The minimum absolute atomic E-state index is 0.0593. The molecule has 0 unspecified atom stereocenters. The van der Waals surface area contributed by atoms with Crippen LogP contribution in [0.15, 0.2) is 314 Å². The quantitative estimate of drug-likeness (QED) is 0.120. The third-order valence-electron chi connectivity index (χ3n) is 21.0. The maximum atomic E-state index is 7.05. The molecule has 4 heterocycles. The Hall–Kier alpha value is -11.6. The Bertz CT molecular complexity index is 5870. The van der Waals surface area contributed by atoms with E-state index in [1.807, 2.05) is 11.3 Å². The second-order valence-electron chi connectivity index (χ2n) is 30.6. The van der Waals surface area contributed by atoms with Crippen LogP contribution in [0.2, 0.25) is 0 Å². The van der Waals surface area contributed by atoms with Crippen molar-refractivity contribution in [3.63, 3.8) is 0 Å². The molecule has 6 nitrogen and oxygen atoms in total. The highest BCUT2D eigenvalue weighted by Crippen LogP contribution is 2.55. The van der Waals surface area contributed by atoms with Crippen molar-refractivity contribution in [2.75, 3.05) is 24.5 Å². The van der Waals surface area contributed by atoms with Gasteiger partial charge in [-0.1, -0.05) is 238 Å². The molecule has 2 aromatic heterocycles. The van der Waals surface area contributed by atoms with E-state index in [4.69, 9.17) is 4.42 Å². The largest absolute Gasteiger partial charge is 0.454 e. The molecule has 494 valence electrons. The van der Waals surface area contributed by atoms with Gasteiger partial charge in [0.15, 0.2) is 5.58 Å². The SMILES string of the molecule is CC(C)(C)c1ccc(N2c3cc(N(c4ccc(C(C)(C)C)cc4)c4cccc5c4oc4ccccc45)ccc3B3c4c2cc(N(c2ccccc2)c2ccc5ccccc5c2)cc4N(c2ccc(C(C)(C)C)cc2)c2cc(N(c4ccccc4)c4ccccc4)c4c(sc5ccccc54)c23)cc1. The Morgan fingerprint density at radius 2 is 0.775 bits per heavy atom. The molecule has 0 aliphatic carbocycles. The molecular formula is C94H78BN5OS. The summed E-state index contributed by atoms with van der Waals surface area (Å²) >= 11 is 1.92. The summed E-state index contributed by atoms with van der Waals surface area (Å²) < 4.78 is 9.54. The number of nitrogens with zero attached hydrogens (tertiary/aromatic N) is 5. The number of hydrogen-bond donors (Lipinski definition) is 0. The van der Waals surface area contributed by atoms with Gasteiger partial charge in [0, 0.05) is 99.2 Å². The number of para-hydroxylation sites is 5. The first-order valence-corrected chi connectivity index (χ1v) is 36.5. The van der Waals surface area contributed by atoms with Crippen LogP contribution >= 0.6 is 11.3 Å². The normalized spacial score (nSPS) is 12.9. The van der Waals surface area contributed by atoms with Gasteiger partial charge in [0.25, 0.3) is 6.71 Å². The molecule has 0 saturated carbocycles. The first kappa shape index (κ1) is 62.7. The van der Waals surface area contributed by atoms with Crippen LogP contribution in [-0.4, -0.2) is 6.71 Å². The average molecular weight is 1340 g/mol. The van der Waals surface area contributed by atoms with E-state index in [2.05, 4.69) is 396 Å². The van der Waals surface area contributed by atoms with Crippen molar-refractivity contribution >= 4 is 173 Å². The van der Waals surface area contributed by atoms with Crippen LogP contribution in [-0.2, 0) is 16.2 Å². The fourth-order valence-electron chi connectivity index (χ4n) is 15.9. The predicted molar refractivity (Wildman–Crippen MR) is 438 cm³/mol. The van der Waals surface area contributed by atoms with E-state index in [0.717, 1.165) is 107 Å². The van der Waals surface area contributed by atoms with Gasteiger partial charge in [0.2, 0.25) is 0 Å². The van der Waals surface area contributed by atoms with Crippen LogP contribution in [0.3, 0.4) is 0 Å². The Labute approximate surface area is 602 Å². The summed E-state index contributed by atoms with van der Waals surface area (Å²) in [5.41, 5.74) is 24.9. The topological polar surface area (TPSA) is 29.3 Å². The van der Waals surface area contributed by atoms with Crippen molar-refractivity contribution < 1.29 is 4.42 Å². The first-order chi connectivity index (χ1) is 49.5. The lowest BCUT2D eigenvalue weighted by Crippen LogP contribution is -2.61. The van der Waals surface area contributed by atoms with Crippen LogP contribution in [0.25, 0.3) is 52.9 Å². The number of furan rings is 1. The zero-order valence-electron chi connectivity index (χ0n) is 59.1. The second-order valence-corrected chi connectivity index (χ2v) is 31.6. The van der Waals surface area contributed by atoms with E-state index in [0.29, 0.717) is 0 Å². The Balaban J connectivity index is 1.00. The van der Waals surface area contributed by atoms with Crippen molar-refractivity contribution in [1.82, 2.24) is 0 Å². The van der Waals surface area contributed by atoms with Crippen molar-refractivity contribution in [1.29, 1.82) is 0 Å². The van der Waals surface area contributed by atoms with Crippen LogP contribution in [0.5, 0.6) is 0 Å². The number of hydrogen-bond acceptors (Lipinski definition) is 7. The Kier molecular flexibility index (Phi) is 14.8. The van der Waals surface area contributed by atoms with E-state index in [-0.39, 0.29) is 23.0 Å². The number of rotatable bonds is 11. The minimum Gasteiger partial charge on any atom is -0.454 e. The maximum Gasteiger partial charge on any atom is 0.254 e. The van der Waals surface area contributed by atoms with Crippen molar-refractivity contribution in [3.05, 3.63) is 326 Å². The highest BCUT2D eigenvalue weighted by Gasteiger charge is 2.47. The summed E-state index contributed by atoms with van der Waals surface area (Å²) in [6, 6.07) is 116. The number of thiophene rings is 1. The van der Waals surface area contributed by atoms with Gasteiger partial charge >= 0.3 is 0 Å². The Morgan fingerprint density at radius 1 is 0.324 bits per heavy atom. The van der Waals surface area contributed by atoms with Crippen molar-refractivity contribution in [3.8, 4) is 0 Å². The highest BCUT2D eigenvalue weighted by atomic mass is 32.1. The summed E-state index contributed by atoms with van der Waals surface area (Å²) in [4.78, 5) is 12.6. The summed E-state index contributed by atoms with van der Waals surface area (Å²) in [6.45, 7) is 20.5. The molecule has 0 bridgehead atoms. The molecule has 16 aromatic rings. The molecule has 0 atom stereocenters. The van der Waals surface area contributed by atoms with Gasteiger partial charge in [-0.25, -0.2) is 0 Å². The molecule has 2 aliphatic heterocycles. The molecular weight excluding hydrogens is 1260 g/mol. The van der Waals surface area contributed by atoms with E-state index < -0.39 is 0 Å². The fraction of sp³-hybridized carbons (Fsp3) is 0.128. The number of fused-ring (bicyclic) bond motifs is 12. The standard InChI is InChI=1S/C94H78BN5OS/c1-92(2,3)63-41-48-69(49-42-63)98(79-37-25-36-76-75-34-21-23-38-85(75)101-90(76)79)73-54-55-78-80(57-73)99(70-50-43-64(44-51-70)93(4,5)6)82-58-74(96(66-28-13-10-14-29-66)72-47-40-61-26-19-20-27-62(61)56-72)59-83-88(82)95(78)89-84(100(83)71-52-45-65(46-53-71)94(7,8)9)60-81(87-77-35-22-24-39-86(77)102-91(87)89)97(67-30-15-11-16-31-67)68-32-17-12-18-33-68/h10-60H,1-9H3. The van der Waals surface area contributed by atoms with Gasteiger partial charge in [-0.3, -0.25) is 0 Å². The van der Waals surface area contributed by atoms with Crippen molar-refractivity contribution in [2.24, 2.45) is 0 Å². The molecule has 8 heteroatoms. The van der Waals surface area contributed by atoms with Gasteiger partial charge < -0.3 is 28.9 Å². The molecule has 14 aromatic carbocycles. The van der Waals surface area contributed by atoms with Gasteiger partial charge in [-0.2, -0.15) is 0 Å². The van der Waals surface area contributed by atoms with Gasteiger partial charge in [0.1, 0.15) is 5.58 Å². The van der Waals surface area contributed by atoms with Crippen LogP contribution in [0.1, 0.15) is 79.0 Å². The first-order valence-electron chi connectivity index (χ1n) is 35.7. The van der Waals surface area contributed by atoms with Crippen molar-refractivity contribution in [2.45, 2.75) is 78.6 Å². The molecule has 2 aliphatic rings. The predicted octanol–water partition coefficient (Wildman–Crippen LogP) is 25.5. The molecule has 0 fully saturated rings. The summed E-state index contributed by atoms with van der Waals surface area (Å²) in [5, 5.41) is 6.97. The molecule has 18 rings (SSSR count). The molecule has 0 N–H and O–H groups in total. The maximum absolute atomic E-state index is 7.05. The Morgan fingerprint density at radius 3 is 1.38 bits per heavy atom. The van der Waals surface area contributed by atoms with E-state index in [1.54, 1.807) is 0 Å². The zero-order valence-corrected chi connectivity index (χ0v) is 59.9. The smallest absolute Gasteiger partial charge is 0.254 e. The zero-order chi connectivity index (χ0) is 69.3. The molecule has 0 amide bonds. The molecule has 102 heavy (non-hydrogen) atoms.